The minimum absolute atomic E-state index is 0.0897. The molecule has 2 heterocycles. The number of phenols is 1. The molecule has 2 amide bonds. The number of hydrogen-bond donors (Lipinski definition) is 1. The molecule has 0 spiro atoms. The highest BCUT2D eigenvalue weighted by atomic mass is 16.3. The zero-order valence-corrected chi connectivity index (χ0v) is 22.1. The van der Waals surface area contributed by atoms with Crippen molar-refractivity contribution in [2.45, 2.75) is 91.4 Å². The molecular weight excluding hydrogens is 440 g/mol. The first-order chi connectivity index (χ1) is 16.4. The molecule has 2 aliphatic rings. The van der Waals surface area contributed by atoms with E-state index < -0.39 is 5.92 Å². The number of imide groups is 1. The normalized spacial score (nSPS) is 18.1. The molecule has 1 unspecified atom stereocenters. The van der Waals surface area contributed by atoms with E-state index in [1.165, 1.54) is 9.70 Å². The van der Waals surface area contributed by atoms with Crippen LogP contribution in [0.5, 0.6) is 5.75 Å². The van der Waals surface area contributed by atoms with E-state index >= 15 is 0 Å². The van der Waals surface area contributed by atoms with Crippen LogP contribution in [0.2, 0.25) is 0 Å². The Bertz CT molecular complexity index is 1210. The van der Waals surface area contributed by atoms with Crippen molar-refractivity contribution in [2.24, 2.45) is 5.92 Å². The third-order valence-corrected chi connectivity index (χ3v) is 8.15. The van der Waals surface area contributed by atoms with Crippen molar-refractivity contribution in [3.05, 3.63) is 40.2 Å². The first-order valence-electron chi connectivity index (χ1n) is 12.9. The molecule has 1 N–H and O–H groups in total. The Morgan fingerprint density at radius 2 is 1.71 bits per heavy atom. The molecule has 1 aromatic carbocycles. The molecule has 7 nitrogen and oxygen atoms in total. The van der Waals surface area contributed by atoms with Crippen molar-refractivity contribution in [3.63, 3.8) is 0 Å². The molecule has 0 saturated carbocycles. The van der Waals surface area contributed by atoms with Gasteiger partial charge < -0.3 is 5.11 Å². The average molecular weight is 479 g/mol. The summed E-state index contributed by atoms with van der Waals surface area (Å²) in [5, 5.41) is 20.7. The SMILES string of the molecule is CCCCN1C(=O)C2=Cc3nn(-c4cc(C(C)(C)CC)cc(C(C)(C)CC)c4O)nc3CC2C1=O. The van der Waals surface area contributed by atoms with E-state index in [9.17, 15) is 14.7 Å². The van der Waals surface area contributed by atoms with Crippen molar-refractivity contribution in [3.8, 4) is 11.4 Å². The maximum atomic E-state index is 12.9. The lowest BCUT2D eigenvalue weighted by Gasteiger charge is -2.30. The van der Waals surface area contributed by atoms with E-state index in [4.69, 9.17) is 5.10 Å². The predicted octanol–water partition coefficient (Wildman–Crippen LogP) is 5.07. The maximum absolute atomic E-state index is 12.9. The molecular formula is C28H38N4O3. The van der Waals surface area contributed by atoms with E-state index in [1.54, 1.807) is 6.08 Å². The van der Waals surface area contributed by atoms with E-state index in [2.05, 4.69) is 52.7 Å². The number of nitrogens with zero attached hydrogens (tertiary/aromatic N) is 4. The zero-order valence-electron chi connectivity index (χ0n) is 22.1. The molecule has 1 fully saturated rings. The number of unbranched alkanes of at least 4 members (excludes halogenated alkanes) is 1. The summed E-state index contributed by atoms with van der Waals surface area (Å²) in [5.74, 6) is -0.678. The molecule has 0 bridgehead atoms. The Morgan fingerprint density at radius 3 is 2.34 bits per heavy atom. The van der Waals surface area contributed by atoms with Gasteiger partial charge in [0.25, 0.3) is 5.91 Å². The van der Waals surface area contributed by atoms with E-state index in [1.807, 2.05) is 13.0 Å². The molecule has 1 atom stereocenters. The third-order valence-electron chi connectivity index (χ3n) is 8.15. The second-order valence-electron chi connectivity index (χ2n) is 11.2. The van der Waals surface area contributed by atoms with Crippen LogP contribution in [-0.2, 0) is 26.8 Å². The van der Waals surface area contributed by atoms with Gasteiger partial charge in [-0.15, -0.1) is 9.90 Å². The standard InChI is InChI=1S/C28H38N4O3/c1-8-11-12-31-25(34)18-15-21-22(16-19(18)26(31)35)30-32(29-21)23-14-17(27(4,5)9-2)13-20(24(23)33)28(6,7)10-3/h13-15,19,33H,8-12,16H2,1-7H3. The number of amides is 2. The number of likely N-dealkylation sites (tertiary alicyclic amines) is 1. The van der Waals surface area contributed by atoms with Gasteiger partial charge in [0.05, 0.1) is 11.6 Å². The predicted molar refractivity (Wildman–Crippen MR) is 136 cm³/mol. The summed E-state index contributed by atoms with van der Waals surface area (Å²) in [5.41, 5.74) is 3.96. The lowest BCUT2D eigenvalue weighted by Crippen LogP contribution is -2.31. The van der Waals surface area contributed by atoms with Gasteiger partial charge in [0.15, 0.2) is 0 Å². The van der Waals surface area contributed by atoms with Gasteiger partial charge in [0.2, 0.25) is 5.91 Å². The van der Waals surface area contributed by atoms with Crippen molar-refractivity contribution in [2.75, 3.05) is 6.54 Å². The Hall–Kier alpha value is -2.96. The lowest BCUT2D eigenvalue weighted by atomic mass is 9.76. The monoisotopic (exact) mass is 478 g/mol. The first-order valence-corrected chi connectivity index (χ1v) is 12.9. The number of hydrogen-bond acceptors (Lipinski definition) is 5. The van der Waals surface area contributed by atoms with Crippen LogP contribution in [0.1, 0.15) is 96.7 Å². The largest absolute Gasteiger partial charge is 0.505 e. The molecule has 188 valence electrons. The van der Waals surface area contributed by atoms with E-state index in [0.717, 1.165) is 36.8 Å². The molecule has 2 aromatic rings. The Labute approximate surface area is 208 Å². The number of benzene rings is 1. The van der Waals surface area contributed by atoms with Crippen molar-refractivity contribution in [1.29, 1.82) is 0 Å². The smallest absolute Gasteiger partial charge is 0.257 e. The highest BCUT2D eigenvalue weighted by Gasteiger charge is 2.45. The zero-order chi connectivity index (χ0) is 25.7. The Balaban J connectivity index is 1.80. The molecule has 0 radical (unpaired) electrons. The van der Waals surface area contributed by atoms with Crippen LogP contribution in [0.4, 0.5) is 0 Å². The van der Waals surface area contributed by atoms with Gasteiger partial charge in [-0.2, -0.15) is 5.10 Å². The minimum atomic E-state index is -0.495. The Morgan fingerprint density at radius 1 is 1.03 bits per heavy atom. The quantitative estimate of drug-likeness (QED) is 0.535. The minimum Gasteiger partial charge on any atom is -0.505 e. The molecule has 35 heavy (non-hydrogen) atoms. The number of carbonyl (C=O) groups is 2. The fourth-order valence-electron chi connectivity index (χ4n) is 4.74. The lowest BCUT2D eigenvalue weighted by molar-refractivity contribution is -0.139. The van der Waals surface area contributed by atoms with Crippen molar-refractivity contribution in [1.82, 2.24) is 19.9 Å². The van der Waals surface area contributed by atoms with Crippen LogP contribution < -0.4 is 0 Å². The second-order valence-corrected chi connectivity index (χ2v) is 11.2. The number of fused-ring (bicyclic) bond motifs is 2. The fraction of sp³-hybridized carbons (Fsp3) is 0.571. The highest BCUT2D eigenvalue weighted by Crippen LogP contribution is 2.42. The third kappa shape index (κ3) is 4.19. The van der Waals surface area contributed by atoms with Crippen molar-refractivity contribution >= 4 is 17.9 Å². The molecule has 7 heteroatoms. The van der Waals surface area contributed by atoms with Crippen LogP contribution in [0.3, 0.4) is 0 Å². The molecule has 1 aliphatic carbocycles. The first kappa shape index (κ1) is 25.1. The summed E-state index contributed by atoms with van der Waals surface area (Å²) in [4.78, 5) is 28.7. The van der Waals surface area contributed by atoms with Crippen LogP contribution in [-0.4, -0.2) is 43.4 Å². The Kier molecular flexibility index (Phi) is 6.41. The molecule has 4 rings (SSSR count). The maximum Gasteiger partial charge on any atom is 0.257 e. The van der Waals surface area contributed by atoms with Gasteiger partial charge in [-0.3, -0.25) is 14.5 Å². The van der Waals surface area contributed by atoms with Crippen LogP contribution >= 0.6 is 0 Å². The second kappa shape index (κ2) is 8.92. The van der Waals surface area contributed by atoms with Crippen LogP contribution in [0.25, 0.3) is 11.8 Å². The highest BCUT2D eigenvalue weighted by molar-refractivity contribution is 6.17. The summed E-state index contributed by atoms with van der Waals surface area (Å²) in [7, 11) is 0. The number of phenolic OH excluding ortho intramolecular Hbond substituents is 1. The van der Waals surface area contributed by atoms with Crippen LogP contribution in [0.15, 0.2) is 17.7 Å². The van der Waals surface area contributed by atoms with Gasteiger partial charge in [0, 0.05) is 24.1 Å². The summed E-state index contributed by atoms with van der Waals surface area (Å²) in [6.45, 7) is 15.4. The van der Waals surface area contributed by atoms with Gasteiger partial charge >= 0.3 is 0 Å². The van der Waals surface area contributed by atoms with Crippen LogP contribution in [0, 0.1) is 5.92 Å². The summed E-state index contributed by atoms with van der Waals surface area (Å²) in [6, 6.07) is 4.08. The molecule has 1 aromatic heterocycles. The number of aromatic nitrogens is 3. The molecule has 1 saturated heterocycles. The summed E-state index contributed by atoms with van der Waals surface area (Å²) < 4.78 is 0. The summed E-state index contributed by atoms with van der Waals surface area (Å²) in [6.07, 6.45) is 5.59. The van der Waals surface area contributed by atoms with E-state index in [-0.39, 0.29) is 28.4 Å². The van der Waals surface area contributed by atoms with Gasteiger partial charge in [-0.25, -0.2) is 0 Å². The van der Waals surface area contributed by atoms with E-state index in [0.29, 0.717) is 35.6 Å². The molecule has 1 aliphatic heterocycles. The summed E-state index contributed by atoms with van der Waals surface area (Å²) >= 11 is 0. The number of aromatic hydroxyl groups is 1. The fourth-order valence-corrected chi connectivity index (χ4v) is 4.74. The number of rotatable bonds is 8. The van der Waals surface area contributed by atoms with Gasteiger partial charge in [-0.1, -0.05) is 61.0 Å². The topological polar surface area (TPSA) is 88.3 Å². The van der Waals surface area contributed by atoms with Gasteiger partial charge in [0.1, 0.15) is 17.1 Å². The number of carbonyl (C=O) groups excluding carboxylic acids is 2. The average Bonchev–Trinajstić information content (AvgIpc) is 3.34. The van der Waals surface area contributed by atoms with Crippen molar-refractivity contribution < 1.29 is 14.7 Å². The van der Waals surface area contributed by atoms with Gasteiger partial charge in [-0.05, 0) is 47.8 Å².